The van der Waals surface area contributed by atoms with Gasteiger partial charge in [-0.1, -0.05) is 60.2 Å². The summed E-state index contributed by atoms with van der Waals surface area (Å²) in [6, 6.07) is 23.1. The number of carbonyl (C=O) groups excluding carboxylic acids is 1. The minimum absolute atomic E-state index is 0.0309. The van der Waals surface area contributed by atoms with Crippen LogP contribution in [0, 0.1) is 17.0 Å². The fourth-order valence-electron chi connectivity index (χ4n) is 4.37. The van der Waals surface area contributed by atoms with Crippen LogP contribution in [0.15, 0.2) is 79.0 Å². The third-order valence-electron chi connectivity index (χ3n) is 6.18. The smallest absolute Gasteiger partial charge is 0.270 e. The Hall–Kier alpha value is -3.97. The largest absolute Gasteiger partial charge is 0.383 e. The van der Waals surface area contributed by atoms with Crippen LogP contribution in [0.4, 0.5) is 5.69 Å². The molecule has 0 radical (unpaired) electrons. The number of carbonyl (C=O) groups is 1. The van der Waals surface area contributed by atoms with Crippen LogP contribution in [0.5, 0.6) is 0 Å². The number of methoxy groups -OCH3 is 1. The quantitative estimate of drug-likeness (QED) is 0.196. The van der Waals surface area contributed by atoms with Crippen molar-refractivity contribution in [2.24, 2.45) is 0 Å². The fourth-order valence-corrected chi connectivity index (χ4v) is 4.37. The molecule has 1 N–H and O–H groups in total. The van der Waals surface area contributed by atoms with Crippen molar-refractivity contribution >= 4 is 22.5 Å². The van der Waals surface area contributed by atoms with Crippen LogP contribution < -0.4 is 5.32 Å². The van der Waals surface area contributed by atoms with Crippen LogP contribution in [0.2, 0.25) is 0 Å². The minimum atomic E-state index is -0.379. The van der Waals surface area contributed by atoms with Gasteiger partial charge in [0.1, 0.15) is 0 Å². The van der Waals surface area contributed by atoms with E-state index in [4.69, 9.17) is 4.74 Å². The molecule has 1 atom stereocenters. The zero-order valence-corrected chi connectivity index (χ0v) is 19.9. The minimum Gasteiger partial charge on any atom is -0.383 e. The van der Waals surface area contributed by atoms with Crippen molar-refractivity contribution in [3.8, 4) is 0 Å². The van der Waals surface area contributed by atoms with Gasteiger partial charge in [-0.3, -0.25) is 14.9 Å². The molecule has 0 spiro atoms. The molecule has 1 amide bonds. The van der Waals surface area contributed by atoms with E-state index in [2.05, 4.69) is 22.0 Å². The number of nitro benzene ring substituents is 1. The second kappa shape index (κ2) is 11.0. The first-order valence-corrected chi connectivity index (χ1v) is 11.6. The average molecular weight is 472 g/mol. The van der Waals surface area contributed by atoms with E-state index in [1.807, 2.05) is 55.6 Å². The molecule has 0 aliphatic rings. The third-order valence-corrected chi connectivity index (χ3v) is 6.18. The SMILES string of the molecule is COCCNC(=O)C[C@@H](c1ccc(C)cc1)c1cn(Cc2ccccc2)c2ccc([N+](=O)[O-])cc12. The van der Waals surface area contributed by atoms with Crippen LogP contribution in [-0.4, -0.2) is 35.7 Å². The van der Waals surface area contributed by atoms with Crippen LogP contribution >= 0.6 is 0 Å². The number of hydrogen-bond donors (Lipinski definition) is 1. The van der Waals surface area contributed by atoms with Crippen LogP contribution in [-0.2, 0) is 16.1 Å². The van der Waals surface area contributed by atoms with E-state index in [9.17, 15) is 14.9 Å². The summed E-state index contributed by atoms with van der Waals surface area (Å²) in [6.45, 7) is 3.50. The molecule has 3 aromatic carbocycles. The molecule has 35 heavy (non-hydrogen) atoms. The van der Waals surface area contributed by atoms with Gasteiger partial charge in [-0.15, -0.1) is 0 Å². The number of nitro groups is 1. The topological polar surface area (TPSA) is 86.4 Å². The predicted molar refractivity (Wildman–Crippen MR) is 137 cm³/mol. The number of amides is 1. The van der Waals surface area contributed by atoms with Gasteiger partial charge in [-0.05, 0) is 29.7 Å². The maximum atomic E-state index is 12.9. The number of hydrogen-bond acceptors (Lipinski definition) is 4. The number of rotatable bonds is 10. The van der Waals surface area contributed by atoms with Gasteiger partial charge >= 0.3 is 0 Å². The maximum Gasteiger partial charge on any atom is 0.270 e. The lowest BCUT2D eigenvalue weighted by Gasteiger charge is -2.17. The van der Waals surface area contributed by atoms with Gasteiger partial charge in [0.25, 0.3) is 5.69 Å². The molecule has 0 bridgehead atoms. The maximum absolute atomic E-state index is 12.9. The molecular weight excluding hydrogens is 442 g/mol. The first kappa shape index (κ1) is 24.2. The number of ether oxygens (including phenoxy) is 1. The summed E-state index contributed by atoms with van der Waals surface area (Å²) in [5.74, 6) is -0.360. The Morgan fingerprint density at radius 2 is 1.83 bits per heavy atom. The third kappa shape index (κ3) is 5.75. The molecule has 0 unspecified atom stereocenters. The second-order valence-corrected chi connectivity index (χ2v) is 8.67. The lowest BCUT2D eigenvalue weighted by molar-refractivity contribution is -0.384. The normalized spacial score (nSPS) is 11.9. The van der Waals surface area contributed by atoms with Crippen molar-refractivity contribution in [2.75, 3.05) is 20.3 Å². The Morgan fingerprint density at radius 3 is 2.51 bits per heavy atom. The number of aromatic nitrogens is 1. The average Bonchev–Trinajstić information content (AvgIpc) is 3.21. The highest BCUT2D eigenvalue weighted by atomic mass is 16.6. The molecule has 7 nitrogen and oxygen atoms in total. The zero-order valence-electron chi connectivity index (χ0n) is 19.9. The molecule has 0 saturated heterocycles. The molecule has 0 aliphatic carbocycles. The van der Waals surface area contributed by atoms with Gasteiger partial charge in [0.05, 0.1) is 11.5 Å². The van der Waals surface area contributed by atoms with E-state index in [1.165, 1.54) is 6.07 Å². The highest BCUT2D eigenvalue weighted by molar-refractivity contribution is 5.88. The van der Waals surface area contributed by atoms with Crippen molar-refractivity contribution in [3.05, 3.63) is 111 Å². The van der Waals surface area contributed by atoms with Crippen LogP contribution in [0.3, 0.4) is 0 Å². The Balaban J connectivity index is 1.82. The number of nitrogens with one attached hydrogen (secondary N) is 1. The number of non-ortho nitro benzene ring substituents is 1. The van der Waals surface area contributed by atoms with E-state index in [1.54, 1.807) is 19.2 Å². The van der Waals surface area contributed by atoms with Crippen LogP contribution in [0.1, 0.15) is 34.6 Å². The fraction of sp³-hybridized carbons (Fsp3) is 0.250. The number of aryl methyl sites for hydroxylation is 1. The summed E-state index contributed by atoms with van der Waals surface area (Å²) >= 11 is 0. The van der Waals surface area contributed by atoms with E-state index >= 15 is 0 Å². The number of fused-ring (bicyclic) bond motifs is 1. The van der Waals surface area contributed by atoms with E-state index in [-0.39, 0.29) is 28.9 Å². The van der Waals surface area contributed by atoms with Crippen molar-refractivity contribution in [3.63, 3.8) is 0 Å². The van der Waals surface area contributed by atoms with Gasteiger partial charge in [0.15, 0.2) is 0 Å². The summed E-state index contributed by atoms with van der Waals surface area (Å²) in [7, 11) is 1.59. The lowest BCUT2D eigenvalue weighted by atomic mass is 9.87. The van der Waals surface area contributed by atoms with E-state index in [0.29, 0.717) is 19.7 Å². The Kier molecular flexibility index (Phi) is 7.57. The lowest BCUT2D eigenvalue weighted by Crippen LogP contribution is -2.28. The zero-order chi connectivity index (χ0) is 24.8. The molecule has 1 heterocycles. The molecule has 0 fully saturated rings. The standard InChI is InChI=1S/C28H29N3O4/c1-20-8-10-22(11-9-20)24(17-28(32)29-14-15-35-2)26-19-30(18-21-6-4-3-5-7-21)27-13-12-23(31(33)34)16-25(26)27/h3-13,16,19,24H,14-15,17-18H2,1-2H3,(H,29,32)/t24-/m0/s1. The van der Waals surface area contributed by atoms with Crippen molar-refractivity contribution in [2.45, 2.75) is 25.8 Å². The summed E-state index contributed by atoms with van der Waals surface area (Å²) in [4.78, 5) is 24.1. The Morgan fingerprint density at radius 1 is 1.09 bits per heavy atom. The molecule has 0 aliphatic heterocycles. The van der Waals surface area contributed by atoms with Crippen molar-refractivity contribution in [1.82, 2.24) is 9.88 Å². The summed E-state index contributed by atoms with van der Waals surface area (Å²) in [6.07, 6.45) is 2.26. The molecular formula is C28H29N3O4. The van der Waals surface area contributed by atoms with Crippen molar-refractivity contribution in [1.29, 1.82) is 0 Å². The van der Waals surface area contributed by atoms with E-state index < -0.39 is 0 Å². The van der Waals surface area contributed by atoms with Crippen molar-refractivity contribution < 1.29 is 14.5 Å². The molecule has 7 heteroatoms. The van der Waals surface area contributed by atoms with Gasteiger partial charge < -0.3 is 14.6 Å². The monoisotopic (exact) mass is 471 g/mol. The summed E-state index contributed by atoms with van der Waals surface area (Å²) < 4.78 is 7.16. The highest BCUT2D eigenvalue weighted by Gasteiger charge is 2.24. The van der Waals surface area contributed by atoms with Gasteiger partial charge in [0.2, 0.25) is 5.91 Å². The summed E-state index contributed by atoms with van der Waals surface area (Å²) in [5, 5.41) is 15.3. The molecule has 0 saturated carbocycles. The first-order chi connectivity index (χ1) is 17.0. The van der Waals surface area contributed by atoms with E-state index in [0.717, 1.165) is 33.2 Å². The Bertz CT molecular complexity index is 1310. The second-order valence-electron chi connectivity index (χ2n) is 8.67. The number of nitrogens with zero attached hydrogens (tertiary/aromatic N) is 2. The molecule has 4 rings (SSSR count). The summed E-state index contributed by atoms with van der Waals surface area (Å²) in [5.41, 5.74) is 5.06. The Labute approximate surface area is 204 Å². The van der Waals surface area contributed by atoms with Gasteiger partial charge in [-0.25, -0.2) is 0 Å². The highest BCUT2D eigenvalue weighted by Crippen LogP contribution is 2.37. The predicted octanol–water partition coefficient (Wildman–Crippen LogP) is 5.19. The van der Waals surface area contributed by atoms with Gasteiger partial charge in [0, 0.05) is 61.8 Å². The number of benzene rings is 3. The van der Waals surface area contributed by atoms with Crippen LogP contribution in [0.25, 0.3) is 10.9 Å². The molecule has 4 aromatic rings. The molecule has 180 valence electrons. The van der Waals surface area contributed by atoms with Gasteiger partial charge in [-0.2, -0.15) is 0 Å². The molecule has 1 aromatic heterocycles. The first-order valence-electron chi connectivity index (χ1n) is 11.6.